The number of nitrogens with zero attached hydrogens (tertiary/aromatic N) is 3. The maximum atomic E-state index is 11.9. The van der Waals surface area contributed by atoms with Gasteiger partial charge in [0, 0.05) is 32.5 Å². The smallest absolute Gasteiger partial charge is 0.317 e. The molecule has 2 rings (SSSR count). The number of hydrogen-bond donors (Lipinski definition) is 1. The molecule has 1 N–H and O–H groups in total. The van der Waals surface area contributed by atoms with Crippen LogP contribution in [0.4, 0.5) is 4.79 Å². The van der Waals surface area contributed by atoms with Gasteiger partial charge in [-0.1, -0.05) is 19.1 Å². The third-order valence-electron chi connectivity index (χ3n) is 3.57. The Bertz CT molecular complexity index is 622. The predicted octanol–water partition coefficient (Wildman–Crippen LogP) is 2.49. The van der Waals surface area contributed by atoms with Gasteiger partial charge >= 0.3 is 6.03 Å². The average molecular weight is 316 g/mol. The fourth-order valence-electron chi connectivity index (χ4n) is 2.21. The first-order valence-electron chi connectivity index (χ1n) is 7.76. The van der Waals surface area contributed by atoms with Crippen LogP contribution in [0.15, 0.2) is 36.7 Å². The van der Waals surface area contributed by atoms with Gasteiger partial charge < -0.3 is 19.5 Å². The summed E-state index contributed by atoms with van der Waals surface area (Å²) in [6, 6.07) is 7.86. The third-order valence-corrected chi connectivity index (χ3v) is 3.57. The summed E-state index contributed by atoms with van der Waals surface area (Å²) in [5.41, 5.74) is 1.16. The minimum Gasteiger partial charge on any atom is -0.497 e. The second kappa shape index (κ2) is 8.22. The van der Waals surface area contributed by atoms with Gasteiger partial charge in [0.15, 0.2) is 0 Å². The Balaban J connectivity index is 1.99. The first-order valence-corrected chi connectivity index (χ1v) is 7.76. The zero-order valence-electron chi connectivity index (χ0n) is 14.0. The van der Waals surface area contributed by atoms with Gasteiger partial charge in [-0.2, -0.15) is 0 Å². The van der Waals surface area contributed by atoms with E-state index in [-0.39, 0.29) is 6.03 Å². The summed E-state index contributed by atoms with van der Waals surface area (Å²) in [7, 11) is 3.43. The molecule has 0 bridgehead atoms. The first kappa shape index (κ1) is 16.9. The maximum absolute atomic E-state index is 11.9. The lowest BCUT2D eigenvalue weighted by Crippen LogP contribution is -2.37. The minimum absolute atomic E-state index is 0.0779. The van der Waals surface area contributed by atoms with E-state index in [1.54, 1.807) is 25.3 Å². The van der Waals surface area contributed by atoms with E-state index in [1.807, 2.05) is 42.0 Å². The molecule has 0 saturated carbocycles. The average Bonchev–Trinajstić information content (AvgIpc) is 3.00. The first-order chi connectivity index (χ1) is 11.1. The Labute approximate surface area is 137 Å². The van der Waals surface area contributed by atoms with Gasteiger partial charge in [0.25, 0.3) is 0 Å². The standard InChI is InChI=1S/C17H24N4O2/c1-4-9-19-17(22)20(2)13-16-18-10-11-21(16)12-14-5-7-15(23-3)8-6-14/h5-8,10-11H,4,9,12-13H2,1-3H3,(H,19,22). The number of hydrogen-bond acceptors (Lipinski definition) is 3. The number of methoxy groups -OCH3 is 1. The molecule has 2 aromatic rings. The fourth-order valence-corrected chi connectivity index (χ4v) is 2.21. The highest BCUT2D eigenvalue weighted by Crippen LogP contribution is 2.13. The lowest BCUT2D eigenvalue weighted by molar-refractivity contribution is 0.205. The summed E-state index contributed by atoms with van der Waals surface area (Å²) in [5.74, 6) is 1.70. The molecule has 0 fully saturated rings. The molecule has 23 heavy (non-hydrogen) atoms. The van der Waals surface area contributed by atoms with E-state index in [4.69, 9.17) is 4.74 Å². The van der Waals surface area contributed by atoms with Gasteiger partial charge in [-0.05, 0) is 24.1 Å². The molecule has 0 radical (unpaired) electrons. The number of imidazole rings is 1. The highest BCUT2D eigenvalue weighted by atomic mass is 16.5. The highest BCUT2D eigenvalue weighted by molar-refractivity contribution is 5.73. The van der Waals surface area contributed by atoms with E-state index in [0.717, 1.165) is 23.6 Å². The summed E-state index contributed by atoms with van der Waals surface area (Å²) in [4.78, 5) is 17.9. The molecule has 2 amide bonds. The second-order valence-electron chi connectivity index (χ2n) is 5.41. The van der Waals surface area contributed by atoms with Crippen LogP contribution in [0.3, 0.4) is 0 Å². The molecule has 1 aromatic heterocycles. The zero-order valence-corrected chi connectivity index (χ0v) is 14.0. The molecule has 0 spiro atoms. The van der Waals surface area contributed by atoms with Gasteiger partial charge in [0.2, 0.25) is 0 Å². The molecule has 0 atom stereocenters. The van der Waals surface area contributed by atoms with Crippen molar-refractivity contribution in [2.45, 2.75) is 26.4 Å². The minimum atomic E-state index is -0.0779. The van der Waals surface area contributed by atoms with Crippen LogP contribution in [0.2, 0.25) is 0 Å². The summed E-state index contributed by atoms with van der Waals surface area (Å²) in [6.45, 7) is 3.90. The van der Waals surface area contributed by atoms with E-state index in [1.165, 1.54) is 0 Å². The Morgan fingerprint density at radius 3 is 2.74 bits per heavy atom. The Morgan fingerprint density at radius 1 is 1.35 bits per heavy atom. The van der Waals surface area contributed by atoms with Crippen molar-refractivity contribution in [3.05, 3.63) is 48.0 Å². The normalized spacial score (nSPS) is 10.4. The number of nitrogens with one attached hydrogen (secondary N) is 1. The van der Waals surface area contributed by atoms with Crippen molar-refractivity contribution in [3.8, 4) is 5.75 Å². The number of aromatic nitrogens is 2. The number of amides is 2. The number of rotatable bonds is 7. The molecular weight excluding hydrogens is 292 g/mol. The van der Waals surface area contributed by atoms with E-state index >= 15 is 0 Å². The summed E-state index contributed by atoms with van der Waals surface area (Å²) < 4.78 is 7.22. The van der Waals surface area contributed by atoms with Crippen molar-refractivity contribution in [1.82, 2.24) is 19.8 Å². The molecule has 6 nitrogen and oxygen atoms in total. The number of carbonyl (C=O) groups excluding carboxylic acids is 1. The van der Waals surface area contributed by atoms with Crippen molar-refractivity contribution in [3.63, 3.8) is 0 Å². The van der Waals surface area contributed by atoms with Crippen molar-refractivity contribution in [2.75, 3.05) is 20.7 Å². The molecule has 0 unspecified atom stereocenters. The largest absolute Gasteiger partial charge is 0.497 e. The topological polar surface area (TPSA) is 59.4 Å². The van der Waals surface area contributed by atoms with Gasteiger partial charge in [-0.25, -0.2) is 9.78 Å². The Hall–Kier alpha value is -2.50. The molecule has 0 saturated heterocycles. The van der Waals surface area contributed by atoms with Gasteiger partial charge in [0.1, 0.15) is 11.6 Å². The van der Waals surface area contributed by atoms with Crippen LogP contribution in [-0.2, 0) is 13.1 Å². The van der Waals surface area contributed by atoms with Crippen LogP contribution in [0.25, 0.3) is 0 Å². The monoisotopic (exact) mass is 316 g/mol. The molecule has 124 valence electrons. The van der Waals surface area contributed by atoms with Crippen LogP contribution >= 0.6 is 0 Å². The molecule has 0 aliphatic carbocycles. The molecule has 0 aliphatic heterocycles. The van der Waals surface area contributed by atoms with Crippen molar-refractivity contribution >= 4 is 6.03 Å². The summed E-state index contributed by atoms with van der Waals surface area (Å²) >= 11 is 0. The lowest BCUT2D eigenvalue weighted by Gasteiger charge is -2.18. The second-order valence-corrected chi connectivity index (χ2v) is 5.41. The third kappa shape index (κ3) is 4.74. The van der Waals surface area contributed by atoms with Crippen molar-refractivity contribution in [2.24, 2.45) is 0 Å². The molecule has 1 heterocycles. The Morgan fingerprint density at radius 2 is 2.09 bits per heavy atom. The maximum Gasteiger partial charge on any atom is 0.317 e. The molecule has 6 heteroatoms. The number of benzene rings is 1. The quantitative estimate of drug-likeness (QED) is 0.854. The summed E-state index contributed by atoms with van der Waals surface area (Å²) in [6.07, 6.45) is 4.61. The van der Waals surface area contributed by atoms with E-state index in [0.29, 0.717) is 19.6 Å². The molecule has 0 aliphatic rings. The van der Waals surface area contributed by atoms with Crippen molar-refractivity contribution < 1.29 is 9.53 Å². The van der Waals surface area contributed by atoms with Crippen LogP contribution < -0.4 is 10.1 Å². The number of urea groups is 1. The number of carbonyl (C=O) groups is 1. The van der Waals surface area contributed by atoms with E-state index < -0.39 is 0 Å². The van der Waals surface area contributed by atoms with Gasteiger partial charge in [0.05, 0.1) is 13.7 Å². The number of ether oxygens (including phenoxy) is 1. The highest BCUT2D eigenvalue weighted by Gasteiger charge is 2.12. The predicted molar refractivity (Wildman–Crippen MR) is 89.5 cm³/mol. The fraction of sp³-hybridized carbons (Fsp3) is 0.412. The van der Waals surface area contributed by atoms with Gasteiger partial charge in [-0.15, -0.1) is 0 Å². The van der Waals surface area contributed by atoms with Crippen LogP contribution in [0.5, 0.6) is 5.75 Å². The van der Waals surface area contributed by atoms with E-state index in [2.05, 4.69) is 10.3 Å². The van der Waals surface area contributed by atoms with Crippen LogP contribution in [0, 0.1) is 0 Å². The Kier molecular flexibility index (Phi) is 6.02. The van der Waals surface area contributed by atoms with Crippen molar-refractivity contribution in [1.29, 1.82) is 0 Å². The molecular formula is C17H24N4O2. The molecule has 1 aromatic carbocycles. The SMILES string of the molecule is CCCNC(=O)N(C)Cc1nccn1Cc1ccc(OC)cc1. The van der Waals surface area contributed by atoms with Crippen LogP contribution in [-0.4, -0.2) is 41.2 Å². The summed E-state index contributed by atoms with van der Waals surface area (Å²) in [5, 5.41) is 2.86. The lowest BCUT2D eigenvalue weighted by atomic mass is 10.2. The van der Waals surface area contributed by atoms with Crippen LogP contribution in [0.1, 0.15) is 24.7 Å². The van der Waals surface area contributed by atoms with E-state index in [9.17, 15) is 4.79 Å². The zero-order chi connectivity index (χ0) is 16.7. The van der Waals surface area contributed by atoms with Gasteiger partial charge in [-0.3, -0.25) is 0 Å².